The maximum absolute atomic E-state index is 12.7. The molecule has 0 saturated carbocycles. The lowest BCUT2D eigenvalue weighted by Gasteiger charge is -2.12. The van der Waals surface area contributed by atoms with E-state index in [1.165, 1.54) is 4.68 Å². The van der Waals surface area contributed by atoms with Crippen LogP contribution in [0.25, 0.3) is 5.69 Å². The highest BCUT2D eigenvalue weighted by Crippen LogP contribution is 2.34. The summed E-state index contributed by atoms with van der Waals surface area (Å²) >= 11 is 6.02. The van der Waals surface area contributed by atoms with Gasteiger partial charge in [-0.25, -0.2) is 13.1 Å². The molecule has 0 atom stereocenters. The van der Waals surface area contributed by atoms with Gasteiger partial charge in [-0.05, 0) is 42.5 Å². The second-order valence-corrected chi connectivity index (χ2v) is 9.23. The lowest BCUT2D eigenvalue weighted by Crippen LogP contribution is -2.17. The first-order valence-electron chi connectivity index (χ1n) is 8.59. The number of hydrogen-bond acceptors (Lipinski definition) is 4. The number of carbonyl (C=O) groups excluding carboxylic acids is 1. The Hall–Kier alpha value is -2.85. The third-order valence-electron chi connectivity index (χ3n) is 4.55. The molecule has 2 aromatic carbocycles. The van der Waals surface area contributed by atoms with E-state index in [1.807, 2.05) is 0 Å². The predicted molar refractivity (Wildman–Crippen MR) is 104 cm³/mol. The second-order valence-electron chi connectivity index (χ2n) is 6.73. The summed E-state index contributed by atoms with van der Waals surface area (Å²) in [6.07, 6.45) is -4.52. The summed E-state index contributed by atoms with van der Waals surface area (Å²) in [5, 5.41) is 7.31. The maximum Gasteiger partial charge on any atom is 0.416 e. The fraction of sp³-hybridized carbons (Fsp3) is 0.158. The molecule has 4 rings (SSSR count). The second kappa shape index (κ2) is 7.13. The van der Waals surface area contributed by atoms with Gasteiger partial charge >= 0.3 is 6.18 Å². The van der Waals surface area contributed by atoms with Crippen molar-refractivity contribution in [2.24, 2.45) is 0 Å². The summed E-state index contributed by atoms with van der Waals surface area (Å²) in [6.45, 7) is 0. The van der Waals surface area contributed by atoms with Gasteiger partial charge in [0.1, 0.15) is 5.82 Å². The van der Waals surface area contributed by atoms with Crippen molar-refractivity contribution in [3.05, 3.63) is 75.9 Å². The summed E-state index contributed by atoms with van der Waals surface area (Å²) in [5.74, 6) is -1.12. The first-order chi connectivity index (χ1) is 14.0. The predicted octanol–water partition coefficient (Wildman–Crippen LogP) is 4.23. The third kappa shape index (κ3) is 3.92. The van der Waals surface area contributed by atoms with Crippen LogP contribution in [0.2, 0.25) is 5.02 Å². The normalized spacial score (nSPS) is 15.1. The minimum absolute atomic E-state index is 0.0172. The monoisotopic (exact) mass is 455 g/mol. The van der Waals surface area contributed by atoms with Crippen LogP contribution in [-0.2, 0) is 27.5 Å². The van der Waals surface area contributed by atoms with Crippen LogP contribution in [0.5, 0.6) is 0 Å². The summed E-state index contributed by atoms with van der Waals surface area (Å²) in [4.78, 5) is 12.7. The van der Waals surface area contributed by atoms with Gasteiger partial charge in [-0.3, -0.25) is 4.79 Å². The first kappa shape index (κ1) is 20.4. The molecule has 0 unspecified atom stereocenters. The molecule has 30 heavy (non-hydrogen) atoms. The highest BCUT2D eigenvalue weighted by molar-refractivity contribution is 7.90. The maximum atomic E-state index is 12.7. The fourth-order valence-corrected chi connectivity index (χ4v) is 4.83. The fourth-order valence-electron chi connectivity index (χ4n) is 3.16. The number of anilines is 1. The molecule has 6 nitrogen and oxygen atoms in total. The number of fused-ring (bicyclic) bond motifs is 1. The number of nitrogens with zero attached hydrogens (tertiary/aromatic N) is 2. The molecule has 3 aromatic rings. The number of nitrogens with one attached hydrogen (secondary N) is 1. The van der Waals surface area contributed by atoms with Crippen molar-refractivity contribution in [2.75, 3.05) is 5.32 Å². The Kier molecular flexibility index (Phi) is 4.86. The van der Waals surface area contributed by atoms with Gasteiger partial charge in [0.2, 0.25) is 0 Å². The van der Waals surface area contributed by atoms with E-state index in [0.29, 0.717) is 22.0 Å². The first-order valence-corrected chi connectivity index (χ1v) is 10.8. The van der Waals surface area contributed by atoms with Crippen molar-refractivity contribution in [3.63, 3.8) is 0 Å². The molecule has 1 aliphatic heterocycles. The molecule has 0 spiro atoms. The van der Waals surface area contributed by atoms with Gasteiger partial charge in [0.05, 0.1) is 28.5 Å². The number of rotatable bonds is 3. The van der Waals surface area contributed by atoms with Crippen molar-refractivity contribution >= 4 is 33.2 Å². The van der Waals surface area contributed by atoms with E-state index >= 15 is 0 Å². The van der Waals surface area contributed by atoms with Crippen LogP contribution in [0.1, 0.15) is 27.2 Å². The Morgan fingerprint density at radius 1 is 1.10 bits per heavy atom. The average Bonchev–Trinajstić information content (AvgIpc) is 3.13. The number of sulfone groups is 1. The van der Waals surface area contributed by atoms with Crippen LogP contribution in [0.4, 0.5) is 19.0 Å². The lowest BCUT2D eigenvalue weighted by molar-refractivity contribution is -0.137. The van der Waals surface area contributed by atoms with Crippen LogP contribution >= 0.6 is 11.6 Å². The van der Waals surface area contributed by atoms with Crippen LogP contribution in [-0.4, -0.2) is 24.1 Å². The molecule has 2 heterocycles. The zero-order chi connectivity index (χ0) is 21.7. The minimum Gasteiger partial charge on any atom is -0.306 e. The van der Waals surface area contributed by atoms with E-state index in [2.05, 4.69) is 10.4 Å². The molecule has 0 fully saturated rings. The van der Waals surface area contributed by atoms with Gasteiger partial charge in [-0.15, -0.1) is 0 Å². The minimum atomic E-state index is -4.52. The summed E-state index contributed by atoms with van der Waals surface area (Å²) in [5.41, 5.74) is 0.247. The van der Waals surface area contributed by atoms with Gasteiger partial charge in [0.15, 0.2) is 9.84 Å². The Bertz CT molecular complexity index is 1250. The Balaban J connectivity index is 1.72. The van der Waals surface area contributed by atoms with Gasteiger partial charge in [0.25, 0.3) is 5.91 Å². The van der Waals surface area contributed by atoms with Crippen LogP contribution in [0.15, 0.2) is 48.5 Å². The van der Waals surface area contributed by atoms with Crippen molar-refractivity contribution in [1.82, 2.24) is 9.78 Å². The van der Waals surface area contributed by atoms with E-state index in [-0.39, 0.29) is 22.9 Å². The standard InChI is InChI=1S/C19H13ClF3N3O3S/c20-13-2-1-3-14(8-13)26-17(15-9-30(28,29)10-16(15)25-26)24-18(27)11-4-6-12(7-5-11)19(21,22)23/h1-8H,9-10H2,(H,24,27). The summed E-state index contributed by atoms with van der Waals surface area (Å²) in [6, 6.07) is 10.3. The Labute approximate surface area is 174 Å². The van der Waals surface area contributed by atoms with E-state index in [4.69, 9.17) is 11.6 Å². The zero-order valence-electron chi connectivity index (χ0n) is 15.1. The largest absolute Gasteiger partial charge is 0.416 e. The van der Waals surface area contributed by atoms with Crippen LogP contribution in [0.3, 0.4) is 0 Å². The highest BCUT2D eigenvalue weighted by atomic mass is 35.5. The van der Waals surface area contributed by atoms with Gasteiger partial charge in [0, 0.05) is 16.1 Å². The average molecular weight is 456 g/mol. The van der Waals surface area contributed by atoms with Crippen molar-refractivity contribution in [2.45, 2.75) is 17.7 Å². The zero-order valence-corrected chi connectivity index (χ0v) is 16.6. The van der Waals surface area contributed by atoms with Gasteiger partial charge in [-0.1, -0.05) is 17.7 Å². The number of alkyl halides is 3. The van der Waals surface area contributed by atoms with Crippen molar-refractivity contribution in [1.29, 1.82) is 0 Å². The highest BCUT2D eigenvalue weighted by Gasteiger charge is 2.34. The van der Waals surface area contributed by atoms with Crippen molar-refractivity contribution < 1.29 is 26.4 Å². The number of benzene rings is 2. The lowest BCUT2D eigenvalue weighted by atomic mass is 10.1. The van der Waals surface area contributed by atoms with E-state index < -0.39 is 27.5 Å². The molecule has 156 valence electrons. The third-order valence-corrected chi connectivity index (χ3v) is 6.22. The Morgan fingerprint density at radius 2 is 1.80 bits per heavy atom. The number of halogens is 4. The molecule has 1 aromatic heterocycles. The topological polar surface area (TPSA) is 81.1 Å². The molecule has 1 N–H and O–H groups in total. The van der Waals surface area contributed by atoms with Crippen molar-refractivity contribution in [3.8, 4) is 5.69 Å². The smallest absolute Gasteiger partial charge is 0.306 e. The Morgan fingerprint density at radius 3 is 2.43 bits per heavy atom. The SMILES string of the molecule is O=C(Nc1c2c(nn1-c1cccc(Cl)c1)CS(=O)(=O)C2)c1ccc(C(F)(F)F)cc1. The molecule has 1 aliphatic rings. The number of aromatic nitrogens is 2. The number of amides is 1. The number of carbonyl (C=O) groups is 1. The van der Waals surface area contributed by atoms with Gasteiger partial charge < -0.3 is 5.32 Å². The summed E-state index contributed by atoms with van der Waals surface area (Å²) < 4.78 is 63.6. The van der Waals surface area contributed by atoms with Crippen LogP contribution in [0, 0.1) is 0 Å². The molecular formula is C19H13ClF3N3O3S. The quantitative estimate of drug-likeness (QED) is 0.641. The van der Waals surface area contributed by atoms with Crippen LogP contribution < -0.4 is 5.32 Å². The number of hydrogen-bond donors (Lipinski definition) is 1. The molecular weight excluding hydrogens is 443 g/mol. The van der Waals surface area contributed by atoms with E-state index in [9.17, 15) is 26.4 Å². The molecule has 0 bridgehead atoms. The van der Waals surface area contributed by atoms with E-state index in [0.717, 1.165) is 24.3 Å². The molecule has 0 saturated heterocycles. The molecule has 1 amide bonds. The molecule has 11 heteroatoms. The molecule has 0 radical (unpaired) electrons. The molecule has 0 aliphatic carbocycles. The summed E-state index contributed by atoms with van der Waals surface area (Å²) in [7, 11) is -3.39. The van der Waals surface area contributed by atoms with Gasteiger partial charge in [-0.2, -0.15) is 18.3 Å². The van der Waals surface area contributed by atoms with E-state index in [1.54, 1.807) is 24.3 Å².